The van der Waals surface area contributed by atoms with E-state index in [1.165, 1.54) is 32.8 Å². The number of hydrogen-bond donors (Lipinski definition) is 1. The van der Waals surface area contributed by atoms with E-state index in [9.17, 15) is 4.79 Å². The normalized spacial score (nSPS) is 21.7. The fourth-order valence-corrected chi connectivity index (χ4v) is 2.97. The molecule has 114 valence electrons. The molecule has 1 aromatic heterocycles. The largest absolute Gasteiger partial charge is 0.464 e. The smallest absolute Gasteiger partial charge is 0.356 e. The third kappa shape index (κ3) is 3.80. The summed E-state index contributed by atoms with van der Waals surface area (Å²) < 4.78 is 4.74. The van der Waals surface area contributed by atoms with Gasteiger partial charge < -0.3 is 10.1 Å². The van der Waals surface area contributed by atoms with Gasteiger partial charge in [-0.2, -0.15) is 0 Å². The van der Waals surface area contributed by atoms with Crippen molar-refractivity contribution in [1.82, 2.24) is 15.2 Å². The maximum Gasteiger partial charge on any atom is 0.356 e. The zero-order valence-corrected chi connectivity index (χ0v) is 12.5. The van der Waals surface area contributed by atoms with Crippen LogP contribution in [0.15, 0.2) is 18.2 Å². The third-order valence-electron chi connectivity index (χ3n) is 4.25. The Labute approximate surface area is 125 Å². The lowest BCUT2D eigenvalue weighted by Gasteiger charge is -2.25. The molecular weight excluding hydrogens is 266 g/mol. The Balaban J connectivity index is 1.66. The monoisotopic (exact) mass is 289 g/mol. The predicted octanol–water partition coefficient (Wildman–Crippen LogP) is 1.58. The molecule has 1 aliphatic carbocycles. The van der Waals surface area contributed by atoms with E-state index in [2.05, 4.69) is 15.2 Å². The van der Waals surface area contributed by atoms with Crippen molar-refractivity contribution < 1.29 is 9.53 Å². The summed E-state index contributed by atoms with van der Waals surface area (Å²) in [5.74, 6) is -0.368. The van der Waals surface area contributed by atoms with Gasteiger partial charge in [0.25, 0.3) is 0 Å². The summed E-state index contributed by atoms with van der Waals surface area (Å²) in [5.41, 5.74) is 1.34. The predicted molar refractivity (Wildman–Crippen MR) is 80.0 cm³/mol. The Morgan fingerprint density at radius 2 is 2.29 bits per heavy atom. The quantitative estimate of drug-likeness (QED) is 0.806. The molecule has 1 N–H and O–H groups in total. The van der Waals surface area contributed by atoms with Gasteiger partial charge in [-0.3, -0.25) is 4.90 Å². The van der Waals surface area contributed by atoms with Crippen LogP contribution in [-0.4, -0.2) is 48.1 Å². The molecule has 0 aromatic carbocycles. The molecule has 0 amide bonds. The topological polar surface area (TPSA) is 54.5 Å². The Bertz CT molecular complexity index is 496. The van der Waals surface area contributed by atoms with Gasteiger partial charge in [0.2, 0.25) is 0 Å². The van der Waals surface area contributed by atoms with Gasteiger partial charge in [0, 0.05) is 25.2 Å². The van der Waals surface area contributed by atoms with Gasteiger partial charge in [-0.25, -0.2) is 9.78 Å². The van der Waals surface area contributed by atoms with Crippen LogP contribution in [0.5, 0.6) is 0 Å². The number of nitrogens with zero attached hydrogens (tertiary/aromatic N) is 2. The number of ether oxygens (including phenoxy) is 1. The first-order chi connectivity index (χ1) is 10.3. The Kier molecular flexibility index (Phi) is 4.51. The fourth-order valence-electron chi connectivity index (χ4n) is 2.97. The van der Waals surface area contributed by atoms with Crippen LogP contribution in [0.2, 0.25) is 0 Å². The minimum atomic E-state index is -0.368. The van der Waals surface area contributed by atoms with Crippen LogP contribution < -0.4 is 5.32 Å². The summed E-state index contributed by atoms with van der Waals surface area (Å²) in [7, 11) is 1.39. The van der Waals surface area contributed by atoms with Gasteiger partial charge in [-0.1, -0.05) is 6.07 Å². The highest BCUT2D eigenvalue weighted by molar-refractivity contribution is 5.87. The van der Waals surface area contributed by atoms with Crippen LogP contribution >= 0.6 is 0 Å². The highest BCUT2D eigenvalue weighted by Gasteiger charge is 2.31. The Hall–Kier alpha value is -1.46. The van der Waals surface area contributed by atoms with Gasteiger partial charge in [0.1, 0.15) is 5.69 Å². The Morgan fingerprint density at radius 3 is 2.95 bits per heavy atom. The molecule has 21 heavy (non-hydrogen) atoms. The number of carbonyl (C=O) groups is 1. The average molecular weight is 289 g/mol. The molecule has 1 saturated heterocycles. The number of nitrogens with one attached hydrogen (secondary N) is 1. The molecule has 2 aliphatic rings. The van der Waals surface area contributed by atoms with E-state index in [4.69, 9.17) is 4.74 Å². The number of aromatic nitrogens is 1. The maximum atomic E-state index is 11.6. The first kappa shape index (κ1) is 14.5. The number of hydrogen-bond acceptors (Lipinski definition) is 5. The van der Waals surface area contributed by atoms with Crippen molar-refractivity contribution in [2.45, 2.75) is 44.3 Å². The lowest BCUT2D eigenvalue weighted by molar-refractivity contribution is 0.0593. The molecule has 5 heteroatoms. The lowest BCUT2D eigenvalue weighted by Crippen LogP contribution is -2.38. The van der Waals surface area contributed by atoms with Crippen LogP contribution in [0.4, 0.5) is 0 Å². The summed E-state index contributed by atoms with van der Waals surface area (Å²) in [6, 6.07) is 6.87. The van der Waals surface area contributed by atoms with Crippen molar-refractivity contribution in [3.8, 4) is 0 Å². The van der Waals surface area contributed by atoms with Crippen molar-refractivity contribution >= 4 is 5.97 Å². The summed E-state index contributed by atoms with van der Waals surface area (Å²) >= 11 is 0. The Morgan fingerprint density at radius 1 is 1.43 bits per heavy atom. The minimum Gasteiger partial charge on any atom is -0.464 e. The van der Waals surface area contributed by atoms with E-state index >= 15 is 0 Å². The van der Waals surface area contributed by atoms with Crippen LogP contribution in [0.3, 0.4) is 0 Å². The van der Waals surface area contributed by atoms with Gasteiger partial charge in [0.05, 0.1) is 12.8 Å². The molecule has 5 nitrogen and oxygen atoms in total. The summed E-state index contributed by atoms with van der Waals surface area (Å²) in [6.45, 7) is 3.03. The van der Waals surface area contributed by atoms with Gasteiger partial charge >= 0.3 is 5.97 Å². The van der Waals surface area contributed by atoms with E-state index in [1.807, 2.05) is 12.1 Å². The molecule has 1 atom stereocenters. The number of esters is 1. The lowest BCUT2D eigenvalue weighted by atomic mass is 10.2. The number of methoxy groups -OCH3 is 1. The summed E-state index contributed by atoms with van der Waals surface area (Å²) in [4.78, 5) is 18.5. The second kappa shape index (κ2) is 6.54. The average Bonchev–Trinajstić information content (AvgIpc) is 3.24. The highest BCUT2D eigenvalue weighted by Crippen LogP contribution is 2.29. The molecule has 3 rings (SSSR count). The summed E-state index contributed by atoms with van der Waals surface area (Å²) in [6.07, 6.45) is 5.10. The number of pyridine rings is 1. The van der Waals surface area contributed by atoms with E-state index < -0.39 is 0 Å². The number of carbonyl (C=O) groups excluding carboxylic acids is 1. The molecule has 2 fully saturated rings. The van der Waals surface area contributed by atoms with Crippen molar-refractivity contribution in [3.63, 3.8) is 0 Å². The van der Waals surface area contributed by atoms with Crippen LogP contribution in [0.1, 0.15) is 41.9 Å². The zero-order valence-electron chi connectivity index (χ0n) is 12.5. The van der Waals surface area contributed by atoms with Crippen LogP contribution in [0, 0.1) is 0 Å². The molecule has 1 saturated carbocycles. The molecule has 1 aromatic rings. The van der Waals surface area contributed by atoms with Gasteiger partial charge in [0.15, 0.2) is 0 Å². The third-order valence-corrected chi connectivity index (χ3v) is 4.25. The minimum absolute atomic E-state index is 0.368. The van der Waals surface area contributed by atoms with Crippen molar-refractivity contribution in [2.24, 2.45) is 0 Å². The second-order valence-corrected chi connectivity index (χ2v) is 5.96. The van der Waals surface area contributed by atoms with E-state index in [1.54, 1.807) is 6.07 Å². The molecule has 1 aliphatic heterocycles. The number of rotatable bonds is 6. The van der Waals surface area contributed by atoms with E-state index in [0.29, 0.717) is 17.8 Å². The van der Waals surface area contributed by atoms with Gasteiger partial charge in [-0.05, 0) is 44.4 Å². The van der Waals surface area contributed by atoms with Crippen LogP contribution in [0.25, 0.3) is 0 Å². The van der Waals surface area contributed by atoms with E-state index in [-0.39, 0.29) is 5.97 Å². The fraction of sp³-hybridized carbons (Fsp3) is 0.625. The molecule has 1 unspecified atom stereocenters. The van der Waals surface area contributed by atoms with E-state index in [0.717, 1.165) is 25.3 Å². The van der Waals surface area contributed by atoms with Crippen molar-refractivity contribution in [1.29, 1.82) is 0 Å². The first-order valence-electron chi connectivity index (χ1n) is 7.78. The maximum absolute atomic E-state index is 11.6. The van der Waals surface area contributed by atoms with Gasteiger partial charge in [-0.15, -0.1) is 0 Å². The molecule has 0 radical (unpaired) electrons. The molecular formula is C16H23N3O2. The van der Waals surface area contributed by atoms with Crippen molar-refractivity contribution in [2.75, 3.05) is 20.2 Å². The second-order valence-electron chi connectivity index (χ2n) is 5.96. The van der Waals surface area contributed by atoms with Crippen LogP contribution in [-0.2, 0) is 11.3 Å². The van der Waals surface area contributed by atoms with Crippen molar-refractivity contribution in [3.05, 3.63) is 29.6 Å². The molecule has 0 spiro atoms. The SMILES string of the molecule is COC(=O)c1cccc(CN(CC2CCCN2)C2CC2)n1. The summed E-state index contributed by atoms with van der Waals surface area (Å²) in [5, 5.41) is 3.56. The molecule has 0 bridgehead atoms. The zero-order chi connectivity index (χ0) is 14.7. The molecule has 2 heterocycles. The highest BCUT2D eigenvalue weighted by atomic mass is 16.5. The first-order valence-corrected chi connectivity index (χ1v) is 7.78. The standard InChI is InChI=1S/C16H23N3O2/c1-21-16(20)15-6-2-4-13(18-15)11-19(14-7-8-14)10-12-5-3-9-17-12/h2,4,6,12,14,17H,3,5,7-11H2,1H3.